The molecule has 2 rings (SSSR count). The van der Waals surface area contributed by atoms with Gasteiger partial charge in [-0.3, -0.25) is 19.4 Å². The molecule has 6 heteroatoms. The van der Waals surface area contributed by atoms with Crippen LogP contribution in [0.5, 0.6) is 0 Å². The molecule has 0 N–H and O–H groups in total. The number of carbonyl (C=O) groups is 3. The molecule has 4 amide bonds. The predicted octanol–water partition coefficient (Wildman–Crippen LogP) is 1.52. The maximum absolute atomic E-state index is 13.5. The summed E-state index contributed by atoms with van der Waals surface area (Å²) >= 11 is 0. The highest BCUT2D eigenvalue weighted by atomic mass is 19.1. The van der Waals surface area contributed by atoms with Gasteiger partial charge in [-0.1, -0.05) is 18.2 Å². The number of nitrogens with zero attached hydrogens (tertiary/aromatic N) is 2. The first-order valence-electron chi connectivity index (χ1n) is 5.86. The maximum atomic E-state index is 13.5. The van der Waals surface area contributed by atoms with E-state index in [1.165, 1.54) is 18.2 Å². The van der Waals surface area contributed by atoms with E-state index in [4.69, 9.17) is 0 Å². The van der Waals surface area contributed by atoms with Gasteiger partial charge in [0.05, 0.1) is 6.54 Å². The molecule has 0 unspecified atom stereocenters. The highest BCUT2D eigenvalue weighted by Gasteiger charge is 2.45. The summed E-state index contributed by atoms with van der Waals surface area (Å²) < 4.78 is 13.5. The molecule has 0 bridgehead atoms. The molecule has 1 fully saturated rings. The first-order chi connectivity index (χ1) is 8.93. The Hall–Kier alpha value is -2.24. The lowest BCUT2D eigenvalue weighted by atomic mass is 10.2. The molecule has 1 aliphatic heterocycles. The Morgan fingerprint density at radius 1 is 1.11 bits per heavy atom. The molecule has 1 aromatic rings. The molecular formula is C13H13FN2O3. The molecule has 1 saturated heterocycles. The van der Waals surface area contributed by atoms with Gasteiger partial charge >= 0.3 is 17.8 Å². The summed E-state index contributed by atoms with van der Waals surface area (Å²) in [5, 5.41) is 0. The van der Waals surface area contributed by atoms with Crippen molar-refractivity contribution in [2.75, 3.05) is 0 Å². The molecule has 0 saturated carbocycles. The number of urea groups is 1. The lowest BCUT2D eigenvalue weighted by molar-refractivity contribution is -0.144. The van der Waals surface area contributed by atoms with Gasteiger partial charge in [-0.25, -0.2) is 9.18 Å². The van der Waals surface area contributed by atoms with Gasteiger partial charge in [0.1, 0.15) is 5.82 Å². The monoisotopic (exact) mass is 264 g/mol. The average molecular weight is 264 g/mol. The summed E-state index contributed by atoms with van der Waals surface area (Å²) in [6.07, 6.45) is 0. The Morgan fingerprint density at radius 2 is 1.74 bits per heavy atom. The van der Waals surface area contributed by atoms with E-state index in [1.807, 2.05) is 0 Å². The molecule has 100 valence electrons. The number of hydrogen-bond donors (Lipinski definition) is 0. The number of hydrogen-bond acceptors (Lipinski definition) is 3. The van der Waals surface area contributed by atoms with Crippen LogP contribution in [0.4, 0.5) is 9.18 Å². The highest BCUT2D eigenvalue weighted by Crippen LogP contribution is 2.19. The quantitative estimate of drug-likeness (QED) is 0.614. The van der Waals surface area contributed by atoms with E-state index >= 15 is 0 Å². The molecule has 5 nitrogen and oxygen atoms in total. The minimum absolute atomic E-state index is 0.197. The van der Waals surface area contributed by atoms with Crippen LogP contribution in [0.1, 0.15) is 19.4 Å². The molecule has 0 atom stereocenters. The Morgan fingerprint density at radius 3 is 2.26 bits per heavy atom. The second kappa shape index (κ2) is 4.79. The number of benzene rings is 1. The average Bonchev–Trinajstić information content (AvgIpc) is 2.56. The molecule has 1 heterocycles. The van der Waals surface area contributed by atoms with Gasteiger partial charge < -0.3 is 0 Å². The smallest absolute Gasteiger partial charge is 0.263 e. The third-order valence-electron chi connectivity index (χ3n) is 2.89. The lowest BCUT2D eigenvalue weighted by Gasteiger charge is -2.18. The van der Waals surface area contributed by atoms with Gasteiger partial charge in [0.25, 0.3) is 0 Å². The van der Waals surface area contributed by atoms with Gasteiger partial charge in [0.2, 0.25) is 0 Å². The molecule has 19 heavy (non-hydrogen) atoms. The van der Waals surface area contributed by atoms with Crippen molar-refractivity contribution in [3.8, 4) is 0 Å². The summed E-state index contributed by atoms with van der Waals surface area (Å²) in [5.74, 6) is -2.29. The molecule has 0 radical (unpaired) electrons. The van der Waals surface area contributed by atoms with E-state index in [9.17, 15) is 18.8 Å². The zero-order valence-corrected chi connectivity index (χ0v) is 10.6. The largest absolute Gasteiger partial charge is 0.334 e. The Bertz CT molecular complexity index is 557. The van der Waals surface area contributed by atoms with Crippen molar-refractivity contribution in [2.45, 2.75) is 26.4 Å². The Labute approximate surface area is 109 Å². The van der Waals surface area contributed by atoms with Crippen molar-refractivity contribution in [3.05, 3.63) is 35.6 Å². The fraction of sp³-hybridized carbons (Fsp3) is 0.308. The van der Waals surface area contributed by atoms with Crippen LogP contribution in [0.15, 0.2) is 24.3 Å². The number of carbonyl (C=O) groups excluding carboxylic acids is 3. The van der Waals surface area contributed by atoms with Crippen LogP contribution in [-0.2, 0) is 16.1 Å². The van der Waals surface area contributed by atoms with E-state index in [0.29, 0.717) is 0 Å². The van der Waals surface area contributed by atoms with Crippen molar-refractivity contribution >= 4 is 17.8 Å². The summed E-state index contributed by atoms with van der Waals surface area (Å²) in [7, 11) is 0. The second-order valence-corrected chi connectivity index (χ2v) is 4.53. The topological polar surface area (TPSA) is 57.7 Å². The van der Waals surface area contributed by atoms with Gasteiger partial charge in [-0.2, -0.15) is 0 Å². The van der Waals surface area contributed by atoms with Crippen LogP contribution in [0.3, 0.4) is 0 Å². The summed E-state index contributed by atoms with van der Waals surface area (Å²) in [4.78, 5) is 37.0. The Kier molecular flexibility index (Phi) is 3.33. The van der Waals surface area contributed by atoms with Gasteiger partial charge in [0, 0.05) is 11.6 Å². The number of amides is 4. The SMILES string of the molecule is CC(C)N1C(=O)C(=O)N(Cc2ccccc2F)C1=O. The summed E-state index contributed by atoms with van der Waals surface area (Å²) in [6.45, 7) is 3.03. The summed E-state index contributed by atoms with van der Waals surface area (Å²) in [6, 6.07) is 4.72. The first kappa shape index (κ1) is 13.2. The van der Waals surface area contributed by atoms with E-state index < -0.39 is 29.7 Å². The molecular weight excluding hydrogens is 251 g/mol. The first-order valence-corrected chi connectivity index (χ1v) is 5.86. The molecule has 0 aromatic heterocycles. The van der Waals surface area contributed by atoms with Gasteiger partial charge in [-0.05, 0) is 19.9 Å². The van der Waals surface area contributed by atoms with Crippen LogP contribution in [-0.4, -0.2) is 33.7 Å². The zero-order chi connectivity index (χ0) is 14.2. The predicted molar refractivity (Wildman–Crippen MR) is 64.3 cm³/mol. The van der Waals surface area contributed by atoms with Crippen molar-refractivity contribution in [3.63, 3.8) is 0 Å². The van der Waals surface area contributed by atoms with Crippen LogP contribution >= 0.6 is 0 Å². The van der Waals surface area contributed by atoms with Crippen LogP contribution < -0.4 is 0 Å². The standard InChI is InChI=1S/C13H13FN2O3/c1-8(2)16-12(18)11(17)15(13(16)19)7-9-5-3-4-6-10(9)14/h3-6,8H,7H2,1-2H3. The normalized spacial score (nSPS) is 15.9. The van der Waals surface area contributed by atoms with Crippen molar-refractivity contribution in [1.82, 2.24) is 9.80 Å². The fourth-order valence-electron chi connectivity index (χ4n) is 1.91. The fourth-order valence-corrected chi connectivity index (χ4v) is 1.91. The second-order valence-electron chi connectivity index (χ2n) is 4.53. The van der Waals surface area contributed by atoms with E-state index in [-0.39, 0.29) is 12.1 Å². The van der Waals surface area contributed by atoms with E-state index in [0.717, 1.165) is 9.80 Å². The molecule has 0 aliphatic carbocycles. The number of halogens is 1. The van der Waals surface area contributed by atoms with Crippen LogP contribution in [0.2, 0.25) is 0 Å². The van der Waals surface area contributed by atoms with Crippen LogP contribution in [0, 0.1) is 5.82 Å². The van der Waals surface area contributed by atoms with Gasteiger partial charge in [0.15, 0.2) is 0 Å². The maximum Gasteiger partial charge on any atom is 0.334 e. The highest BCUT2D eigenvalue weighted by molar-refractivity contribution is 6.44. The number of rotatable bonds is 3. The molecule has 1 aromatic carbocycles. The molecule has 1 aliphatic rings. The van der Waals surface area contributed by atoms with E-state index in [1.54, 1.807) is 19.9 Å². The summed E-state index contributed by atoms with van der Waals surface area (Å²) in [5.41, 5.74) is 0.197. The number of imide groups is 2. The van der Waals surface area contributed by atoms with E-state index in [2.05, 4.69) is 0 Å². The van der Waals surface area contributed by atoms with Crippen LogP contribution in [0.25, 0.3) is 0 Å². The minimum atomic E-state index is -0.915. The molecule has 0 spiro atoms. The zero-order valence-electron chi connectivity index (χ0n) is 10.6. The minimum Gasteiger partial charge on any atom is -0.263 e. The third kappa shape index (κ3) is 2.21. The van der Waals surface area contributed by atoms with Crippen molar-refractivity contribution in [2.24, 2.45) is 0 Å². The van der Waals surface area contributed by atoms with Crippen molar-refractivity contribution in [1.29, 1.82) is 0 Å². The van der Waals surface area contributed by atoms with Crippen molar-refractivity contribution < 1.29 is 18.8 Å². The Balaban J connectivity index is 2.27. The van der Waals surface area contributed by atoms with Gasteiger partial charge in [-0.15, -0.1) is 0 Å². The third-order valence-corrected chi connectivity index (χ3v) is 2.89. The lowest BCUT2D eigenvalue weighted by Crippen LogP contribution is -2.38.